The van der Waals surface area contributed by atoms with Crippen molar-refractivity contribution in [2.75, 3.05) is 5.75 Å². The summed E-state index contributed by atoms with van der Waals surface area (Å²) in [6.45, 7) is 2.30. The molecule has 0 aliphatic carbocycles. The predicted octanol–water partition coefficient (Wildman–Crippen LogP) is 3.16. The quantitative estimate of drug-likeness (QED) is 0.636. The third-order valence-electron chi connectivity index (χ3n) is 3.66. The number of imide groups is 1. The van der Waals surface area contributed by atoms with Crippen LogP contribution in [0.25, 0.3) is 11.5 Å². The van der Waals surface area contributed by atoms with Crippen molar-refractivity contribution >= 4 is 23.7 Å². The number of urea groups is 1. The Bertz CT molecular complexity index is 927. The molecule has 0 bridgehead atoms. The molecular weight excluding hydrogens is 364 g/mol. The van der Waals surface area contributed by atoms with Gasteiger partial charge in [0.05, 0.1) is 5.75 Å². The predicted molar refractivity (Wildman–Crippen MR) is 102 cm³/mol. The molecule has 3 rings (SSSR count). The highest BCUT2D eigenvalue weighted by atomic mass is 32.2. The van der Waals surface area contributed by atoms with Crippen LogP contribution in [-0.4, -0.2) is 27.9 Å². The van der Waals surface area contributed by atoms with Gasteiger partial charge in [0.1, 0.15) is 0 Å². The summed E-state index contributed by atoms with van der Waals surface area (Å²) in [5, 5.41) is 13.1. The highest BCUT2D eigenvalue weighted by Crippen LogP contribution is 2.25. The lowest BCUT2D eigenvalue weighted by Gasteiger charge is -2.06. The number of aryl methyl sites for hydroxylation is 1. The van der Waals surface area contributed by atoms with E-state index in [-0.39, 0.29) is 11.0 Å². The van der Waals surface area contributed by atoms with E-state index in [1.165, 1.54) is 0 Å². The van der Waals surface area contributed by atoms with Crippen LogP contribution in [0.15, 0.2) is 64.2 Å². The van der Waals surface area contributed by atoms with Crippen LogP contribution in [0.5, 0.6) is 0 Å². The van der Waals surface area contributed by atoms with Crippen LogP contribution < -0.4 is 10.6 Å². The van der Waals surface area contributed by atoms with Crippen molar-refractivity contribution in [3.8, 4) is 11.5 Å². The summed E-state index contributed by atoms with van der Waals surface area (Å²) in [5.74, 6) is -0.0495. The zero-order valence-corrected chi connectivity index (χ0v) is 15.5. The Morgan fingerprint density at radius 1 is 1.04 bits per heavy atom. The molecular formula is C19H18N4O3S. The number of thioether (sulfide) groups is 1. The zero-order chi connectivity index (χ0) is 19.1. The summed E-state index contributed by atoms with van der Waals surface area (Å²) in [5.41, 5.74) is 2.82. The molecule has 27 heavy (non-hydrogen) atoms. The second-order valence-electron chi connectivity index (χ2n) is 5.69. The Labute approximate surface area is 160 Å². The fourth-order valence-electron chi connectivity index (χ4n) is 2.30. The fraction of sp³-hybridized carbons (Fsp3) is 0.158. The fourth-order valence-corrected chi connectivity index (χ4v) is 2.87. The Hall–Kier alpha value is -3.13. The van der Waals surface area contributed by atoms with Crippen molar-refractivity contribution in [2.24, 2.45) is 0 Å². The largest absolute Gasteiger partial charge is 0.411 e. The Morgan fingerprint density at radius 3 is 2.56 bits per heavy atom. The van der Waals surface area contributed by atoms with Crippen molar-refractivity contribution in [1.29, 1.82) is 0 Å². The maximum absolute atomic E-state index is 11.9. The molecule has 0 saturated heterocycles. The second-order valence-corrected chi connectivity index (χ2v) is 6.62. The van der Waals surface area contributed by atoms with Crippen LogP contribution in [-0.2, 0) is 11.3 Å². The molecule has 0 fully saturated rings. The first-order valence-corrected chi connectivity index (χ1v) is 9.24. The number of carbonyl (C=O) groups excluding carboxylic acids is 2. The molecule has 0 aliphatic heterocycles. The van der Waals surface area contributed by atoms with E-state index in [0.29, 0.717) is 12.4 Å². The molecule has 8 heteroatoms. The lowest BCUT2D eigenvalue weighted by molar-refractivity contribution is -0.117. The Kier molecular flexibility index (Phi) is 6.22. The van der Waals surface area contributed by atoms with Crippen LogP contribution in [0, 0.1) is 6.92 Å². The number of amides is 3. The summed E-state index contributed by atoms with van der Waals surface area (Å²) in [4.78, 5) is 23.6. The molecule has 2 N–H and O–H groups in total. The van der Waals surface area contributed by atoms with Gasteiger partial charge in [0.2, 0.25) is 11.8 Å². The summed E-state index contributed by atoms with van der Waals surface area (Å²) in [7, 11) is 0. The van der Waals surface area contributed by atoms with Crippen LogP contribution >= 0.6 is 11.8 Å². The van der Waals surface area contributed by atoms with Crippen molar-refractivity contribution in [3.63, 3.8) is 0 Å². The first-order chi connectivity index (χ1) is 13.1. The van der Waals surface area contributed by atoms with Crippen LogP contribution in [0.1, 0.15) is 11.1 Å². The molecule has 2 aromatic carbocycles. The van der Waals surface area contributed by atoms with E-state index in [2.05, 4.69) is 20.8 Å². The Morgan fingerprint density at radius 2 is 1.78 bits per heavy atom. The smallest absolute Gasteiger partial charge is 0.321 e. The standard InChI is InChI=1S/C19H18N4O3S/c1-13-7-5-6-10-15(13)17-22-23-19(26-17)27-12-16(24)21-18(25)20-11-14-8-3-2-4-9-14/h2-10H,11-12H2,1H3,(H2,20,21,24,25). The van der Waals surface area contributed by atoms with Crippen LogP contribution in [0.4, 0.5) is 4.79 Å². The molecule has 0 saturated carbocycles. The normalized spacial score (nSPS) is 10.4. The van der Waals surface area contributed by atoms with Crippen molar-refractivity contribution in [1.82, 2.24) is 20.8 Å². The molecule has 0 atom stereocenters. The monoisotopic (exact) mass is 382 g/mol. The van der Waals surface area contributed by atoms with Gasteiger partial charge in [-0.25, -0.2) is 4.79 Å². The van der Waals surface area contributed by atoms with E-state index in [0.717, 1.165) is 28.5 Å². The number of hydrogen-bond acceptors (Lipinski definition) is 6. The molecule has 0 radical (unpaired) electrons. The van der Waals surface area contributed by atoms with Crippen LogP contribution in [0.3, 0.4) is 0 Å². The van der Waals surface area contributed by atoms with Gasteiger partial charge in [0.15, 0.2) is 0 Å². The maximum atomic E-state index is 11.9. The van der Waals surface area contributed by atoms with Gasteiger partial charge in [-0.1, -0.05) is 60.3 Å². The summed E-state index contributed by atoms with van der Waals surface area (Å²) >= 11 is 1.07. The van der Waals surface area contributed by atoms with Gasteiger partial charge in [-0.2, -0.15) is 0 Å². The van der Waals surface area contributed by atoms with Gasteiger partial charge in [0.25, 0.3) is 5.22 Å². The highest BCUT2D eigenvalue weighted by molar-refractivity contribution is 7.99. The average Bonchev–Trinajstić information content (AvgIpc) is 3.15. The number of carbonyl (C=O) groups is 2. The SMILES string of the molecule is Cc1ccccc1-c1nnc(SCC(=O)NC(=O)NCc2ccccc2)o1. The summed E-state index contributed by atoms with van der Waals surface area (Å²) < 4.78 is 5.57. The highest BCUT2D eigenvalue weighted by Gasteiger charge is 2.13. The van der Waals surface area contributed by atoms with E-state index < -0.39 is 11.9 Å². The summed E-state index contributed by atoms with van der Waals surface area (Å²) in [6, 6.07) is 16.5. The zero-order valence-electron chi connectivity index (χ0n) is 14.6. The van der Waals surface area contributed by atoms with E-state index in [1.54, 1.807) is 0 Å². The van der Waals surface area contributed by atoms with Gasteiger partial charge >= 0.3 is 6.03 Å². The number of nitrogens with zero attached hydrogens (tertiary/aromatic N) is 2. The average molecular weight is 382 g/mol. The van der Waals surface area contributed by atoms with E-state index >= 15 is 0 Å². The number of nitrogens with one attached hydrogen (secondary N) is 2. The minimum Gasteiger partial charge on any atom is -0.411 e. The molecule has 0 aliphatic rings. The van der Waals surface area contributed by atoms with Gasteiger partial charge in [0, 0.05) is 12.1 Å². The summed E-state index contributed by atoms with van der Waals surface area (Å²) in [6.07, 6.45) is 0. The molecule has 138 valence electrons. The van der Waals surface area contributed by atoms with Crippen LogP contribution in [0.2, 0.25) is 0 Å². The third kappa shape index (κ3) is 5.42. The number of benzene rings is 2. The molecule has 3 aromatic rings. The second kappa shape index (κ2) is 9.00. The maximum Gasteiger partial charge on any atom is 0.321 e. The topological polar surface area (TPSA) is 97.1 Å². The number of rotatable bonds is 6. The molecule has 1 aromatic heterocycles. The third-order valence-corrected chi connectivity index (χ3v) is 4.48. The van der Waals surface area contributed by atoms with Gasteiger partial charge < -0.3 is 9.73 Å². The molecule has 3 amide bonds. The minimum atomic E-state index is -0.546. The lowest BCUT2D eigenvalue weighted by atomic mass is 10.1. The molecule has 1 heterocycles. The van der Waals surface area contributed by atoms with Crippen molar-refractivity contribution < 1.29 is 14.0 Å². The van der Waals surface area contributed by atoms with Crippen molar-refractivity contribution in [2.45, 2.75) is 18.7 Å². The van der Waals surface area contributed by atoms with Crippen molar-refractivity contribution in [3.05, 3.63) is 65.7 Å². The molecule has 0 spiro atoms. The first kappa shape index (κ1) is 18.7. The van der Waals surface area contributed by atoms with Gasteiger partial charge in [-0.15, -0.1) is 10.2 Å². The minimum absolute atomic E-state index is 0.00579. The first-order valence-electron chi connectivity index (χ1n) is 8.26. The van der Waals surface area contributed by atoms with E-state index in [4.69, 9.17) is 4.42 Å². The van der Waals surface area contributed by atoms with E-state index in [1.807, 2.05) is 61.5 Å². The molecule has 7 nitrogen and oxygen atoms in total. The number of aromatic nitrogens is 2. The van der Waals surface area contributed by atoms with E-state index in [9.17, 15) is 9.59 Å². The van der Waals surface area contributed by atoms with Gasteiger partial charge in [-0.05, 0) is 24.1 Å². The molecule has 0 unspecified atom stereocenters. The number of hydrogen-bond donors (Lipinski definition) is 2. The van der Waals surface area contributed by atoms with Gasteiger partial charge in [-0.3, -0.25) is 10.1 Å². The Balaban J connectivity index is 1.45. The lowest BCUT2D eigenvalue weighted by Crippen LogP contribution is -2.39.